The van der Waals surface area contributed by atoms with E-state index in [4.69, 9.17) is 15.2 Å². The molecule has 106 valence electrons. The maximum atomic E-state index is 13.3. The first kappa shape index (κ1) is 14.2. The van der Waals surface area contributed by atoms with Gasteiger partial charge < -0.3 is 15.2 Å². The van der Waals surface area contributed by atoms with Gasteiger partial charge in [-0.25, -0.2) is 4.39 Å². The van der Waals surface area contributed by atoms with Gasteiger partial charge in [-0.2, -0.15) is 0 Å². The van der Waals surface area contributed by atoms with Crippen molar-refractivity contribution in [2.24, 2.45) is 0 Å². The lowest BCUT2D eigenvalue weighted by Crippen LogP contribution is -2.06. The van der Waals surface area contributed by atoms with Gasteiger partial charge in [0.15, 0.2) is 0 Å². The Balaban J connectivity index is 2.28. The number of nitrogens with two attached hydrogens (primary N) is 1. The van der Waals surface area contributed by atoms with E-state index < -0.39 is 0 Å². The minimum absolute atomic E-state index is 0.0422. The molecule has 0 saturated heterocycles. The van der Waals surface area contributed by atoms with E-state index >= 15 is 0 Å². The van der Waals surface area contributed by atoms with E-state index in [0.29, 0.717) is 22.9 Å². The van der Waals surface area contributed by atoms with Gasteiger partial charge in [0.25, 0.3) is 0 Å². The Morgan fingerprint density at radius 1 is 1.05 bits per heavy atom. The molecule has 0 aliphatic rings. The lowest BCUT2D eigenvalue weighted by atomic mass is 10.2. The highest BCUT2D eigenvalue weighted by Crippen LogP contribution is 2.31. The molecule has 2 aromatic rings. The number of benzene rings is 2. The Bertz CT molecular complexity index is 611. The highest BCUT2D eigenvalue weighted by atomic mass is 19.1. The van der Waals surface area contributed by atoms with E-state index in [1.807, 2.05) is 20.8 Å². The number of ether oxygens (including phenoxy) is 2. The molecule has 0 saturated carbocycles. The fourth-order valence-corrected chi connectivity index (χ4v) is 1.80. The summed E-state index contributed by atoms with van der Waals surface area (Å²) in [6.45, 7) is 5.72. The monoisotopic (exact) mass is 275 g/mol. The number of hydrogen-bond donors (Lipinski definition) is 1. The summed E-state index contributed by atoms with van der Waals surface area (Å²) in [7, 11) is 0. The van der Waals surface area contributed by atoms with Crippen LogP contribution in [-0.4, -0.2) is 6.10 Å². The summed E-state index contributed by atoms with van der Waals surface area (Å²) >= 11 is 0. The number of nitrogen functional groups attached to an aromatic ring is 1. The summed E-state index contributed by atoms with van der Waals surface area (Å²) < 4.78 is 24.5. The molecule has 3 nitrogen and oxygen atoms in total. The molecule has 4 heteroatoms. The van der Waals surface area contributed by atoms with Crippen molar-refractivity contribution in [3.63, 3.8) is 0 Å². The number of rotatable bonds is 4. The molecular weight excluding hydrogens is 257 g/mol. The zero-order valence-electron chi connectivity index (χ0n) is 11.8. The van der Waals surface area contributed by atoms with Crippen molar-refractivity contribution in [3.8, 4) is 17.2 Å². The van der Waals surface area contributed by atoms with Crippen LogP contribution >= 0.6 is 0 Å². The molecule has 2 rings (SSSR count). The van der Waals surface area contributed by atoms with Crippen LogP contribution in [0.3, 0.4) is 0 Å². The summed E-state index contributed by atoms with van der Waals surface area (Å²) in [5, 5.41) is 0. The summed E-state index contributed by atoms with van der Waals surface area (Å²) in [4.78, 5) is 0. The van der Waals surface area contributed by atoms with Gasteiger partial charge in [0, 0.05) is 30.0 Å². The van der Waals surface area contributed by atoms with Gasteiger partial charge in [0.2, 0.25) is 0 Å². The highest BCUT2D eigenvalue weighted by Gasteiger charge is 2.07. The lowest BCUT2D eigenvalue weighted by Gasteiger charge is -2.13. The Hall–Kier alpha value is -2.23. The molecule has 0 aromatic heterocycles. The molecule has 2 N–H and O–H groups in total. The van der Waals surface area contributed by atoms with E-state index in [0.717, 1.165) is 5.56 Å². The number of aryl methyl sites for hydroxylation is 1. The molecule has 0 heterocycles. The van der Waals surface area contributed by atoms with Gasteiger partial charge in [-0.1, -0.05) is 6.07 Å². The van der Waals surface area contributed by atoms with Gasteiger partial charge in [-0.05, 0) is 32.4 Å². The van der Waals surface area contributed by atoms with Gasteiger partial charge in [0.05, 0.1) is 6.10 Å². The summed E-state index contributed by atoms with van der Waals surface area (Å²) in [5.74, 6) is 1.28. The molecule has 0 unspecified atom stereocenters. The van der Waals surface area contributed by atoms with Crippen LogP contribution in [0.15, 0.2) is 36.4 Å². The van der Waals surface area contributed by atoms with Crippen LogP contribution in [0, 0.1) is 12.7 Å². The van der Waals surface area contributed by atoms with Crippen molar-refractivity contribution in [1.82, 2.24) is 0 Å². The van der Waals surface area contributed by atoms with Crippen molar-refractivity contribution >= 4 is 5.69 Å². The maximum Gasteiger partial charge on any atom is 0.133 e. The van der Waals surface area contributed by atoms with Crippen LogP contribution in [0.5, 0.6) is 17.2 Å². The van der Waals surface area contributed by atoms with Crippen molar-refractivity contribution in [3.05, 3.63) is 47.8 Å². The molecular formula is C16H18FNO2. The van der Waals surface area contributed by atoms with Crippen LogP contribution in [0.1, 0.15) is 19.4 Å². The normalized spacial score (nSPS) is 10.7. The lowest BCUT2D eigenvalue weighted by molar-refractivity contribution is 0.242. The van der Waals surface area contributed by atoms with Crippen LogP contribution in [0.2, 0.25) is 0 Å². The fourth-order valence-electron chi connectivity index (χ4n) is 1.80. The van der Waals surface area contributed by atoms with E-state index in [2.05, 4.69) is 0 Å². The van der Waals surface area contributed by atoms with Crippen molar-refractivity contribution in [2.75, 3.05) is 5.73 Å². The maximum absolute atomic E-state index is 13.3. The predicted molar refractivity (Wildman–Crippen MR) is 77.8 cm³/mol. The largest absolute Gasteiger partial charge is 0.491 e. The molecule has 20 heavy (non-hydrogen) atoms. The van der Waals surface area contributed by atoms with E-state index in [9.17, 15) is 4.39 Å². The number of anilines is 1. The molecule has 0 fully saturated rings. The predicted octanol–water partition coefficient (Wildman–Crippen LogP) is 4.30. The minimum atomic E-state index is -0.340. The molecule has 0 atom stereocenters. The number of halogens is 1. The smallest absolute Gasteiger partial charge is 0.133 e. The zero-order valence-corrected chi connectivity index (χ0v) is 11.8. The second kappa shape index (κ2) is 5.82. The van der Waals surface area contributed by atoms with Gasteiger partial charge in [0.1, 0.15) is 23.1 Å². The fraction of sp³-hybridized carbons (Fsp3) is 0.250. The first-order valence-corrected chi connectivity index (χ1v) is 6.45. The van der Waals surface area contributed by atoms with Crippen molar-refractivity contribution < 1.29 is 13.9 Å². The van der Waals surface area contributed by atoms with Gasteiger partial charge in [-0.15, -0.1) is 0 Å². The third kappa shape index (κ3) is 3.63. The van der Waals surface area contributed by atoms with Gasteiger partial charge >= 0.3 is 0 Å². The average molecular weight is 275 g/mol. The summed E-state index contributed by atoms with van der Waals surface area (Å²) in [5.41, 5.74) is 7.20. The second-order valence-corrected chi connectivity index (χ2v) is 4.92. The third-order valence-electron chi connectivity index (χ3n) is 2.65. The number of hydrogen-bond acceptors (Lipinski definition) is 3. The second-order valence-electron chi connectivity index (χ2n) is 4.92. The Morgan fingerprint density at radius 3 is 2.45 bits per heavy atom. The minimum Gasteiger partial charge on any atom is -0.491 e. The van der Waals surface area contributed by atoms with Crippen LogP contribution in [0.25, 0.3) is 0 Å². The molecule has 0 spiro atoms. The first-order chi connectivity index (χ1) is 9.44. The van der Waals surface area contributed by atoms with E-state index in [1.165, 1.54) is 12.1 Å². The van der Waals surface area contributed by atoms with E-state index in [1.54, 1.807) is 24.3 Å². The van der Waals surface area contributed by atoms with Crippen molar-refractivity contribution in [1.29, 1.82) is 0 Å². The molecule has 0 bridgehead atoms. The standard InChI is InChI=1S/C16H18FNO2/c1-10(2)19-14-7-13(18)8-15(9-14)20-16-6-12(17)5-4-11(16)3/h4-10H,18H2,1-3H3. The molecule has 0 aliphatic heterocycles. The topological polar surface area (TPSA) is 44.5 Å². The zero-order chi connectivity index (χ0) is 14.7. The molecule has 0 aliphatic carbocycles. The van der Waals surface area contributed by atoms with Crippen LogP contribution < -0.4 is 15.2 Å². The molecule has 0 amide bonds. The summed E-state index contributed by atoms with van der Waals surface area (Å²) in [6, 6.07) is 9.56. The quantitative estimate of drug-likeness (QED) is 0.846. The van der Waals surface area contributed by atoms with Gasteiger partial charge in [-0.3, -0.25) is 0 Å². The summed E-state index contributed by atoms with van der Waals surface area (Å²) in [6.07, 6.45) is 0.0422. The Morgan fingerprint density at radius 2 is 1.75 bits per heavy atom. The first-order valence-electron chi connectivity index (χ1n) is 6.45. The highest BCUT2D eigenvalue weighted by molar-refractivity contribution is 5.52. The third-order valence-corrected chi connectivity index (χ3v) is 2.65. The van der Waals surface area contributed by atoms with Crippen LogP contribution in [0.4, 0.5) is 10.1 Å². The molecule has 0 radical (unpaired) electrons. The Labute approximate surface area is 118 Å². The van der Waals surface area contributed by atoms with Crippen LogP contribution in [-0.2, 0) is 0 Å². The molecule has 2 aromatic carbocycles. The SMILES string of the molecule is Cc1ccc(F)cc1Oc1cc(N)cc(OC(C)C)c1. The van der Waals surface area contributed by atoms with Crippen molar-refractivity contribution in [2.45, 2.75) is 26.9 Å². The Kier molecular flexibility index (Phi) is 4.13. The average Bonchev–Trinajstić information content (AvgIpc) is 2.32. The van der Waals surface area contributed by atoms with E-state index in [-0.39, 0.29) is 11.9 Å².